The first-order valence-electron chi connectivity index (χ1n) is 6.12. The Morgan fingerprint density at radius 2 is 2.44 bits per heavy atom. The predicted octanol–water partition coefficient (Wildman–Crippen LogP) is 1.17. The fraction of sp³-hybridized carbons (Fsp3) is 0.500. The quantitative estimate of drug-likeness (QED) is 0.850. The number of fused-ring (bicyclic) bond motifs is 1. The summed E-state index contributed by atoms with van der Waals surface area (Å²) in [6.07, 6.45) is 3.50. The van der Waals surface area contributed by atoms with Crippen molar-refractivity contribution in [2.75, 3.05) is 25.1 Å². The Labute approximate surface area is 105 Å². The smallest absolute Gasteiger partial charge is 0.154 e. The van der Waals surface area contributed by atoms with E-state index in [0.29, 0.717) is 19.8 Å². The van der Waals surface area contributed by atoms with E-state index in [1.54, 1.807) is 6.33 Å². The number of anilines is 1. The van der Waals surface area contributed by atoms with Crippen LogP contribution in [-0.4, -0.2) is 46.9 Å². The van der Waals surface area contributed by atoms with Crippen LogP contribution in [0.15, 0.2) is 18.6 Å². The number of nitrogens with one attached hydrogen (secondary N) is 2. The number of ether oxygens (including phenoxy) is 2. The molecule has 2 aromatic rings. The van der Waals surface area contributed by atoms with Gasteiger partial charge in [0.15, 0.2) is 5.82 Å². The molecule has 0 amide bonds. The summed E-state index contributed by atoms with van der Waals surface area (Å²) in [5.74, 6) is 0.796. The van der Waals surface area contributed by atoms with Gasteiger partial charge in [0.1, 0.15) is 17.9 Å². The minimum atomic E-state index is 0.0787. The van der Waals surface area contributed by atoms with Crippen molar-refractivity contribution in [3.63, 3.8) is 0 Å². The molecule has 1 saturated heterocycles. The topological polar surface area (TPSA) is 72.1 Å². The van der Waals surface area contributed by atoms with Crippen molar-refractivity contribution >= 4 is 16.9 Å². The molecule has 0 aromatic carbocycles. The molecule has 6 nitrogen and oxygen atoms in total. The molecule has 0 bridgehead atoms. The van der Waals surface area contributed by atoms with Gasteiger partial charge in [-0.3, -0.25) is 0 Å². The van der Waals surface area contributed by atoms with Gasteiger partial charge in [-0.2, -0.15) is 0 Å². The molecule has 1 fully saturated rings. The Bertz CT molecular complexity index is 528. The SMILES string of the molecule is CCO[C@H]1COC[C@@H]1Nc1ncnc2cc[nH]c12. The van der Waals surface area contributed by atoms with Crippen molar-refractivity contribution in [1.82, 2.24) is 15.0 Å². The molecule has 2 atom stereocenters. The van der Waals surface area contributed by atoms with E-state index in [4.69, 9.17) is 9.47 Å². The van der Waals surface area contributed by atoms with E-state index in [0.717, 1.165) is 16.9 Å². The van der Waals surface area contributed by atoms with Crippen LogP contribution in [0.4, 0.5) is 5.82 Å². The second-order valence-corrected chi connectivity index (χ2v) is 4.24. The van der Waals surface area contributed by atoms with Crippen molar-refractivity contribution in [3.05, 3.63) is 18.6 Å². The van der Waals surface area contributed by atoms with Gasteiger partial charge in [-0.1, -0.05) is 0 Å². The van der Waals surface area contributed by atoms with Crippen LogP contribution in [0.5, 0.6) is 0 Å². The Morgan fingerprint density at radius 1 is 1.50 bits per heavy atom. The number of aromatic nitrogens is 3. The third-order valence-corrected chi connectivity index (χ3v) is 3.08. The summed E-state index contributed by atoms with van der Waals surface area (Å²) in [6.45, 7) is 3.94. The first-order chi connectivity index (χ1) is 8.88. The van der Waals surface area contributed by atoms with Crippen molar-refractivity contribution in [2.45, 2.75) is 19.1 Å². The third-order valence-electron chi connectivity index (χ3n) is 3.08. The molecule has 0 aliphatic carbocycles. The molecule has 3 rings (SSSR count). The average Bonchev–Trinajstić information content (AvgIpc) is 3.00. The van der Waals surface area contributed by atoms with Crippen LogP contribution in [-0.2, 0) is 9.47 Å². The maximum absolute atomic E-state index is 5.64. The molecule has 3 heterocycles. The van der Waals surface area contributed by atoms with Gasteiger partial charge in [-0.05, 0) is 13.0 Å². The highest BCUT2D eigenvalue weighted by atomic mass is 16.5. The second kappa shape index (κ2) is 4.91. The zero-order valence-corrected chi connectivity index (χ0v) is 10.2. The molecule has 6 heteroatoms. The van der Waals surface area contributed by atoms with Crippen LogP contribution in [0.1, 0.15) is 6.92 Å². The molecule has 0 spiro atoms. The van der Waals surface area contributed by atoms with E-state index in [-0.39, 0.29) is 12.1 Å². The van der Waals surface area contributed by atoms with Crippen molar-refractivity contribution in [2.24, 2.45) is 0 Å². The molecule has 96 valence electrons. The molecular formula is C12H16N4O2. The lowest BCUT2D eigenvalue weighted by molar-refractivity contribution is 0.0478. The highest BCUT2D eigenvalue weighted by molar-refractivity contribution is 5.85. The van der Waals surface area contributed by atoms with Gasteiger partial charge in [0.2, 0.25) is 0 Å². The van der Waals surface area contributed by atoms with Crippen LogP contribution >= 0.6 is 0 Å². The Morgan fingerprint density at radius 3 is 3.33 bits per heavy atom. The summed E-state index contributed by atoms with van der Waals surface area (Å²) in [5.41, 5.74) is 1.82. The number of rotatable bonds is 4. The zero-order chi connectivity index (χ0) is 12.4. The summed E-state index contributed by atoms with van der Waals surface area (Å²) >= 11 is 0. The molecule has 1 aliphatic heterocycles. The average molecular weight is 248 g/mol. The van der Waals surface area contributed by atoms with Gasteiger partial charge in [-0.25, -0.2) is 9.97 Å². The highest BCUT2D eigenvalue weighted by Crippen LogP contribution is 2.20. The fourth-order valence-corrected chi connectivity index (χ4v) is 2.20. The van der Waals surface area contributed by atoms with Gasteiger partial charge in [0.25, 0.3) is 0 Å². The van der Waals surface area contributed by atoms with Crippen LogP contribution < -0.4 is 5.32 Å². The fourth-order valence-electron chi connectivity index (χ4n) is 2.20. The minimum absolute atomic E-state index is 0.0787. The second-order valence-electron chi connectivity index (χ2n) is 4.24. The van der Waals surface area contributed by atoms with Gasteiger partial charge in [-0.15, -0.1) is 0 Å². The van der Waals surface area contributed by atoms with Gasteiger partial charge in [0, 0.05) is 12.8 Å². The van der Waals surface area contributed by atoms with Gasteiger partial charge in [0.05, 0.1) is 24.8 Å². The molecule has 2 N–H and O–H groups in total. The standard InChI is InChI=1S/C12H16N4O2/c1-2-18-10-6-17-5-9(10)16-12-11-8(3-4-13-11)14-7-15-12/h3-4,7,9-10,13H,2,5-6H2,1H3,(H,14,15,16)/t9-,10-/m0/s1. The molecule has 0 saturated carbocycles. The molecule has 18 heavy (non-hydrogen) atoms. The minimum Gasteiger partial charge on any atom is -0.376 e. The van der Waals surface area contributed by atoms with E-state index in [1.165, 1.54) is 0 Å². The molecule has 1 aliphatic rings. The maximum atomic E-state index is 5.64. The highest BCUT2D eigenvalue weighted by Gasteiger charge is 2.29. The molecule has 2 aromatic heterocycles. The van der Waals surface area contributed by atoms with Gasteiger partial charge >= 0.3 is 0 Å². The zero-order valence-electron chi connectivity index (χ0n) is 10.2. The lowest BCUT2D eigenvalue weighted by Crippen LogP contribution is -2.34. The summed E-state index contributed by atoms with van der Waals surface area (Å²) in [4.78, 5) is 11.6. The Kier molecular flexibility index (Phi) is 3.12. The first-order valence-corrected chi connectivity index (χ1v) is 6.12. The Hall–Kier alpha value is -1.66. The van der Waals surface area contributed by atoms with E-state index < -0.39 is 0 Å². The van der Waals surface area contributed by atoms with Gasteiger partial charge < -0.3 is 19.8 Å². The third kappa shape index (κ3) is 2.04. The largest absolute Gasteiger partial charge is 0.376 e. The van der Waals surface area contributed by atoms with E-state index in [9.17, 15) is 0 Å². The predicted molar refractivity (Wildman–Crippen MR) is 67.5 cm³/mol. The maximum Gasteiger partial charge on any atom is 0.154 e. The molecule has 0 radical (unpaired) electrons. The summed E-state index contributed by atoms with van der Waals surface area (Å²) in [6, 6.07) is 2.05. The van der Waals surface area contributed by atoms with Crippen molar-refractivity contribution in [3.8, 4) is 0 Å². The normalized spacial score (nSPS) is 23.6. The summed E-state index contributed by atoms with van der Waals surface area (Å²) in [7, 11) is 0. The number of hydrogen-bond donors (Lipinski definition) is 2. The van der Waals surface area contributed by atoms with Crippen molar-refractivity contribution in [1.29, 1.82) is 0 Å². The number of nitrogens with zero attached hydrogens (tertiary/aromatic N) is 2. The lowest BCUT2D eigenvalue weighted by Gasteiger charge is -2.19. The van der Waals surface area contributed by atoms with Crippen LogP contribution in [0, 0.1) is 0 Å². The number of hydrogen-bond acceptors (Lipinski definition) is 5. The lowest BCUT2D eigenvalue weighted by atomic mass is 10.2. The number of aromatic amines is 1. The van der Waals surface area contributed by atoms with Crippen LogP contribution in [0.2, 0.25) is 0 Å². The van der Waals surface area contributed by atoms with Crippen LogP contribution in [0.3, 0.4) is 0 Å². The monoisotopic (exact) mass is 248 g/mol. The van der Waals surface area contributed by atoms with Crippen LogP contribution in [0.25, 0.3) is 11.0 Å². The first kappa shape index (κ1) is 11.4. The van der Waals surface area contributed by atoms with E-state index >= 15 is 0 Å². The summed E-state index contributed by atoms with van der Waals surface area (Å²) in [5, 5.41) is 3.37. The molecule has 0 unspecified atom stereocenters. The van der Waals surface area contributed by atoms with Crippen molar-refractivity contribution < 1.29 is 9.47 Å². The Balaban J connectivity index is 1.81. The van der Waals surface area contributed by atoms with E-state index in [2.05, 4.69) is 20.3 Å². The molecular weight excluding hydrogens is 232 g/mol. The summed E-state index contributed by atoms with van der Waals surface area (Å²) < 4.78 is 11.1. The van der Waals surface area contributed by atoms with E-state index in [1.807, 2.05) is 19.2 Å². The number of H-pyrrole nitrogens is 1.